The highest BCUT2D eigenvalue weighted by molar-refractivity contribution is 7.46. The number of benzene rings is 2. The Balaban J connectivity index is 1.47. The highest BCUT2D eigenvalue weighted by atomic mass is 31.2. The molecule has 2 aromatic heterocycles. The molecule has 1 aliphatic heterocycles. The zero-order chi connectivity index (χ0) is 26.3. The largest absolute Gasteiger partial charge is 0.490 e. The van der Waals surface area contributed by atoms with Gasteiger partial charge in [-0.25, -0.2) is 9.13 Å². The fourth-order valence-electron chi connectivity index (χ4n) is 4.35. The molecule has 0 amide bonds. The molecule has 13 nitrogen and oxygen atoms in total. The molecule has 1 aliphatic rings. The van der Waals surface area contributed by atoms with Crippen LogP contribution in [0.15, 0.2) is 60.9 Å². The molecule has 7 N–H and O–H groups in total. The van der Waals surface area contributed by atoms with Crippen LogP contribution in [0, 0.1) is 0 Å². The summed E-state index contributed by atoms with van der Waals surface area (Å²) in [5.41, 5.74) is 9.08. The zero-order valence-electron chi connectivity index (χ0n) is 19.3. The second-order valence-corrected chi connectivity index (χ2v) is 9.86. The molecule has 0 spiro atoms. The van der Waals surface area contributed by atoms with Crippen molar-refractivity contribution in [3.63, 3.8) is 0 Å². The van der Waals surface area contributed by atoms with Crippen LogP contribution in [-0.2, 0) is 20.4 Å². The molecule has 14 heteroatoms. The maximum atomic E-state index is 11.1. The number of nitrogens with zero attached hydrogens (tertiary/aromatic N) is 4. The van der Waals surface area contributed by atoms with Gasteiger partial charge >= 0.3 is 7.82 Å². The Kier molecular flexibility index (Phi) is 6.68. The summed E-state index contributed by atoms with van der Waals surface area (Å²) in [6.07, 6.45) is -3.95. The summed E-state index contributed by atoms with van der Waals surface area (Å²) in [6.45, 7) is -0.371. The molecule has 1 saturated heterocycles. The number of phosphoric acid groups is 1. The van der Waals surface area contributed by atoms with Gasteiger partial charge in [-0.2, -0.15) is 14.5 Å². The third-order valence-electron chi connectivity index (χ3n) is 6.09. The first-order chi connectivity index (χ1) is 17.6. The topological polar surface area (TPSA) is 197 Å². The SMILES string of the molecule is Nc1nc(O)c2c(n1)n([C@@H]1O[C@H](COP(=O)(O)O)[C@@H](O)[C@H]1O)c[n+]2Cc1ccc(-c2ccccc2)cc1. The van der Waals surface area contributed by atoms with E-state index in [9.17, 15) is 19.9 Å². The standard InChI is InChI=1S/C23H24N5O8P/c24-23-25-20-17(21(31)26-23)27(10-13-6-8-15(9-7-13)14-4-2-1-3-5-14)12-28(20)22-19(30)18(29)16(36-22)11-35-37(32,33)34/h1-9,12,16,18-19,22,29-30H,10-11H2,(H4-,24,25,26,31,32,33,34)/p+1/t16-,18-,19-,22-/m1/s1. The average molecular weight is 530 g/mol. The normalized spacial score (nSPS) is 22.1. The number of aliphatic hydroxyl groups is 2. The number of ether oxygens (including phenoxy) is 1. The highest BCUT2D eigenvalue weighted by Crippen LogP contribution is 2.39. The summed E-state index contributed by atoms with van der Waals surface area (Å²) in [6, 6.07) is 17.7. The maximum absolute atomic E-state index is 11.1. The number of fused-ring (bicyclic) bond motifs is 1. The molecular formula is C23H25N5O8P+. The number of anilines is 1. The molecule has 0 aliphatic carbocycles. The molecule has 194 valence electrons. The minimum atomic E-state index is -4.82. The molecular weight excluding hydrogens is 505 g/mol. The second kappa shape index (κ2) is 9.80. The fraction of sp³-hybridized carbons (Fsp3) is 0.261. The number of rotatable bonds is 7. The van der Waals surface area contributed by atoms with Gasteiger partial charge in [0.25, 0.3) is 17.0 Å². The van der Waals surface area contributed by atoms with Crippen molar-refractivity contribution in [3.05, 3.63) is 66.5 Å². The predicted molar refractivity (Wildman–Crippen MR) is 129 cm³/mol. The van der Waals surface area contributed by atoms with Gasteiger partial charge in [0.2, 0.25) is 18.5 Å². The van der Waals surface area contributed by atoms with Crippen LogP contribution >= 0.6 is 7.82 Å². The molecule has 5 rings (SSSR count). The van der Waals surface area contributed by atoms with Crippen LogP contribution in [0.4, 0.5) is 5.95 Å². The molecule has 2 aromatic carbocycles. The molecule has 0 unspecified atom stereocenters. The Morgan fingerprint density at radius 1 is 1.03 bits per heavy atom. The first kappa shape index (κ1) is 25.2. The van der Waals surface area contributed by atoms with E-state index in [0.29, 0.717) is 0 Å². The number of hydrogen-bond acceptors (Lipinski definition) is 9. The maximum Gasteiger partial charge on any atom is 0.469 e. The van der Waals surface area contributed by atoms with Crippen molar-refractivity contribution in [3.8, 4) is 17.0 Å². The Morgan fingerprint density at radius 3 is 2.38 bits per heavy atom. The van der Waals surface area contributed by atoms with E-state index >= 15 is 0 Å². The van der Waals surface area contributed by atoms with E-state index in [0.717, 1.165) is 16.7 Å². The minimum Gasteiger partial charge on any atom is -0.490 e. The van der Waals surface area contributed by atoms with Crippen molar-refractivity contribution < 1.29 is 43.5 Å². The molecule has 0 bridgehead atoms. The number of hydrogen-bond donors (Lipinski definition) is 6. The number of aromatic hydroxyl groups is 1. The van der Waals surface area contributed by atoms with Crippen molar-refractivity contribution in [2.24, 2.45) is 0 Å². The number of aliphatic hydroxyl groups excluding tert-OH is 2. The summed E-state index contributed by atoms with van der Waals surface area (Å²) in [7, 11) is -4.82. The van der Waals surface area contributed by atoms with Crippen LogP contribution in [0.25, 0.3) is 22.3 Å². The van der Waals surface area contributed by atoms with Crippen molar-refractivity contribution in [2.45, 2.75) is 31.1 Å². The lowest BCUT2D eigenvalue weighted by Crippen LogP contribution is -2.35. The highest BCUT2D eigenvalue weighted by Gasteiger charge is 2.48. The molecule has 3 heterocycles. The van der Waals surface area contributed by atoms with Crippen LogP contribution in [0.2, 0.25) is 0 Å². The first-order valence-electron chi connectivity index (χ1n) is 11.2. The second-order valence-electron chi connectivity index (χ2n) is 8.62. The molecule has 4 atom stereocenters. The quantitative estimate of drug-likeness (QED) is 0.143. The monoisotopic (exact) mass is 530 g/mol. The lowest BCUT2D eigenvalue weighted by Gasteiger charge is -2.14. The summed E-state index contributed by atoms with van der Waals surface area (Å²) < 4.78 is 24.2. The lowest BCUT2D eigenvalue weighted by atomic mass is 10.0. The first-order valence-corrected chi connectivity index (χ1v) is 12.8. The van der Waals surface area contributed by atoms with Gasteiger partial charge in [0, 0.05) is 0 Å². The summed E-state index contributed by atoms with van der Waals surface area (Å²) >= 11 is 0. The van der Waals surface area contributed by atoms with Gasteiger partial charge in [-0.1, -0.05) is 54.6 Å². The van der Waals surface area contributed by atoms with E-state index in [4.69, 9.17) is 20.3 Å². The van der Waals surface area contributed by atoms with Gasteiger partial charge < -0.3 is 35.6 Å². The van der Waals surface area contributed by atoms with Gasteiger partial charge in [-0.15, -0.1) is 0 Å². The van der Waals surface area contributed by atoms with Crippen molar-refractivity contribution in [2.75, 3.05) is 12.3 Å². The Hall–Kier alpha value is -3.42. The van der Waals surface area contributed by atoms with Gasteiger partial charge in [0.15, 0.2) is 0 Å². The van der Waals surface area contributed by atoms with E-state index in [1.807, 2.05) is 54.6 Å². The molecule has 4 aromatic rings. The van der Waals surface area contributed by atoms with Crippen LogP contribution in [0.3, 0.4) is 0 Å². The van der Waals surface area contributed by atoms with Gasteiger partial charge in [-0.05, 0) is 16.7 Å². The van der Waals surface area contributed by atoms with Crippen LogP contribution in [0.1, 0.15) is 11.8 Å². The van der Waals surface area contributed by atoms with E-state index in [1.54, 1.807) is 4.57 Å². The smallest absolute Gasteiger partial charge is 0.469 e. The van der Waals surface area contributed by atoms with E-state index in [-0.39, 0.29) is 23.7 Å². The van der Waals surface area contributed by atoms with E-state index < -0.39 is 44.8 Å². The van der Waals surface area contributed by atoms with E-state index in [1.165, 1.54) is 10.9 Å². The third-order valence-corrected chi connectivity index (χ3v) is 6.58. The van der Waals surface area contributed by atoms with E-state index in [2.05, 4.69) is 14.5 Å². The summed E-state index contributed by atoms with van der Waals surface area (Å²) in [4.78, 5) is 25.9. The van der Waals surface area contributed by atoms with Crippen LogP contribution in [-0.4, -0.2) is 64.6 Å². The van der Waals surface area contributed by atoms with Gasteiger partial charge in [0.05, 0.1) is 6.61 Å². The number of nitrogen functional groups attached to an aromatic ring is 1. The summed E-state index contributed by atoms with van der Waals surface area (Å²) in [5, 5.41) is 31.6. The summed E-state index contributed by atoms with van der Waals surface area (Å²) in [5.74, 6) is -0.616. The third kappa shape index (κ3) is 5.20. The Bertz CT molecular complexity index is 1460. The predicted octanol–water partition coefficient (Wildman–Crippen LogP) is 0.450. The average Bonchev–Trinajstić information content (AvgIpc) is 3.35. The van der Waals surface area contributed by atoms with Gasteiger partial charge in [0.1, 0.15) is 24.9 Å². The van der Waals surface area contributed by atoms with Crippen LogP contribution in [0.5, 0.6) is 5.88 Å². The Morgan fingerprint density at radius 2 is 1.70 bits per heavy atom. The Labute approximate surface area is 210 Å². The number of imidazole rings is 1. The molecule has 0 radical (unpaired) electrons. The molecule has 37 heavy (non-hydrogen) atoms. The zero-order valence-corrected chi connectivity index (χ0v) is 20.2. The number of nitrogens with two attached hydrogens (primary N) is 1. The molecule has 1 fully saturated rings. The lowest BCUT2D eigenvalue weighted by molar-refractivity contribution is -0.664. The number of phosphoric ester groups is 1. The minimum absolute atomic E-state index is 0.124. The van der Waals surface area contributed by atoms with Gasteiger partial charge in [-0.3, -0.25) is 4.52 Å². The van der Waals surface area contributed by atoms with Crippen molar-refractivity contribution in [1.29, 1.82) is 0 Å². The fourth-order valence-corrected chi connectivity index (χ4v) is 4.69. The van der Waals surface area contributed by atoms with Crippen molar-refractivity contribution >= 4 is 24.9 Å². The van der Waals surface area contributed by atoms with Crippen LogP contribution < -0.4 is 10.3 Å². The molecule has 0 saturated carbocycles. The number of aromatic nitrogens is 4. The van der Waals surface area contributed by atoms with Crippen molar-refractivity contribution in [1.82, 2.24) is 14.5 Å².